The summed E-state index contributed by atoms with van der Waals surface area (Å²) in [6.07, 6.45) is 4.34. The van der Waals surface area contributed by atoms with Gasteiger partial charge in [-0.05, 0) is 39.0 Å². The van der Waals surface area contributed by atoms with Gasteiger partial charge in [-0.2, -0.15) is 0 Å². The smallest absolute Gasteiger partial charge is 0.245 e. The first-order valence-corrected chi connectivity index (χ1v) is 6.68. The maximum Gasteiger partial charge on any atom is 0.245 e. The minimum atomic E-state index is -0.368. The van der Waals surface area contributed by atoms with Crippen LogP contribution >= 0.6 is 0 Å². The number of nitrogens with one attached hydrogen (secondary N) is 1. The van der Waals surface area contributed by atoms with Crippen LogP contribution in [-0.2, 0) is 9.59 Å². The molecule has 2 amide bonds. The van der Waals surface area contributed by atoms with Crippen LogP contribution in [0.2, 0.25) is 0 Å². The van der Waals surface area contributed by atoms with Crippen LogP contribution < -0.4 is 5.32 Å². The van der Waals surface area contributed by atoms with Crippen molar-refractivity contribution in [1.82, 2.24) is 10.2 Å². The van der Waals surface area contributed by atoms with Gasteiger partial charge >= 0.3 is 0 Å². The Bertz CT molecular complexity index is 325. The summed E-state index contributed by atoms with van der Waals surface area (Å²) < 4.78 is 0. The van der Waals surface area contributed by atoms with Crippen molar-refractivity contribution >= 4 is 11.8 Å². The fourth-order valence-electron chi connectivity index (χ4n) is 2.89. The van der Waals surface area contributed by atoms with Crippen molar-refractivity contribution in [3.63, 3.8) is 0 Å². The summed E-state index contributed by atoms with van der Waals surface area (Å²) >= 11 is 0. The quantitative estimate of drug-likeness (QED) is 0.805. The van der Waals surface area contributed by atoms with E-state index < -0.39 is 0 Å². The lowest BCUT2D eigenvalue weighted by molar-refractivity contribution is -0.153. The summed E-state index contributed by atoms with van der Waals surface area (Å²) in [4.78, 5) is 26.0. The number of hydrogen-bond acceptors (Lipinski definition) is 2. The maximum atomic E-state index is 12.2. The van der Waals surface area contributed by atoms with Crippen LogP contribution in [-0.4, -0.2) is 34.8 Å². The first-order chi connectivity index (χ1) is 8.06. The highest BCUT2D eigenvalue weighted by molar-refractivity contribution is 5.96. The van der Waals surface area contributed by atoms with Gasteiger partial charge in [-0.1, -0.05) is 13.3 Å². The lowest BCUT2D eigenvalue weighted by Gasteiger charge is -2.46. The average molecular weight is 238 g/mol. The molecule has 1 saturated carbocycles. The topological polar surface area (TPSA) is 49.4 Å². The van der Waals surface area contributed by atoms with E-state index >= 15 is 0 Å². The first kappa shape index (κ1) is 12.4. The van der Waals surface area contributed by atoms with Crippen molar-refractivity contribution in [1.29, 1.82) is 0 Å². The summed E-state index contributed by atoms with van der Waals surface area (Å²) in [7, 11) is 0. The third kappa shape index (κ3) is 2.05. The molecule has 17 heavy (non-hydrogen) atoms. The van der Waals surface area contributed by atoms with Crippen molar-refractivity contribution in [2.24, 2.45) is 5.92 Å². The van der Waals surface area contributed by atoms with E-state index in [1.54, 1.807) is 6.92 Å². The molecule has 96 valence electrons. The summed E-state index contributed by atoms with van der Waals surface area (Å²) in [6, 6.07) is -0.433. The molecule has 2 aliphatic rings. The fourth-order valence-corrected chi connectivity index (χ4v) is 2.89. The molecule has 1 heterocycles. The Balaban J connectivity index is 2.18. The second kappa shape index (κ2) is 4.67. The van der Waals surface area contributed by atoms with E-state index in [4.69, 9.17) is 0 Å². The van der Waals surface area contributed by atoms with Crippen LogP contribution in [0.5, 0.6) is 0 Å². The van der Waals surface area contributed by atoms with Gasteiger partial charge in [0.05, 0.1) is 0 Å². The third-order valence-electron chi connectivity index (χ3n) is 4.28. The van der Waals surface area contributed by atoms with Gasteiger partial charge in [0.15, 0.2) is 0 Å². The molecule has 2 rings (SSSR count). The zero-order chi connectivity index (χ0) is 12.6. The molecule has 0 spiro atoms. The van der Waals surface area contributed by atoms with E-state index in [2.05, 4.69) is 12.2 Å². The molecule has 4 heteroatoms. The number of piperazine rings is 1. The molecule has 0 bridgehead atoms. The molecule has 0 aromatic heterocycles. The van der Waals surface area contributed by atoms with E-state index in [0.717, 1.165) is 0 Å². The standard InChI is InChI=1S/C13H22N2O2/c1-4-11-12(16)14-8(2)13(17)15(11)9(3)10-6-5-7-10/h8-11H,4-7H2,1-3H3,(H,14,16). The first-order valence-electron chi connectivity index (χ1n) is 6.68. The van der Waals surface area contributed by atoms with Gasteiger partial charge in [-0.3, -0.25) is 9.59 Å². The van der Waals surface area contributed by atoms with Gasteiger partial charge in [0, 0.05) is 6.04 Å². The maximum absolute atomic E-state index is 12.2. The van der Waals surface area contributed by atoms with Gasteiger partial charge in [0.1, 0.15) is 12.1 Å². The average Bonchev–Trinajstić information content (AvgIpc) is 2.20. The predicted octanol–water partition coefficient (Wildman–Crippen LogP) is 1.30. The molecular weight excluding hydrogens is 216 g/mol. The summed E-state index contributed by atoms with van der Waals surface area (Å²) in [5, 5.41) is 2.76. The Hall–Kier alpha value is -1.06. The Morgan fingerprint density at radius 2 is 2.06 bits per heavy atom. The SMILES string of the molecule is CCC1C(=O)NC(C)C(=O)N1C(C)C1CCC1. The Kier molecular flexibility index (Phi) is 3.40. The monoisotopic (exact) mass is 238 g/mol. The number of rotatable bonds is 3. The van der Waals surface area contributed by atoms with Crippen LogP contribution in [0.4, 0.5) is 0 Å². The van der Waals surface area contributed by atoms with Crippen LogP contribution in [0, 0.1) is 5.92 Å². The Morgan fingerprint density at radius 3 is 2.53 bits per heavy atom. The largest absolute Gasteiger partial charge is 0.343 e. The second-order valence-electron chi connectivity index (χ2n) is 5.33. The number of amides is 2. The Labute approximate surface area is 103 Å². The van der Waals surface area contributed by atoms with E-state index in [1.807, 2.05) is 11.8 Å². The van der Waals surface area contributed by atoms with Crippen LogP contribution in [0.3, 0.4) is 0 Å². The van der Waals surface area contributed by atoms with Crippen molar-refractivity contribution in [2.75, 3.05) is 0 Å². The van der Waals surface area contributed by atoms with E-state index in [0.29, 0.717) is 12.3 Å². The molecule has 2 fully saturated rings. The number of carbonyl (C=O) groups is 2. The minimum absolute atomic E-state index is 0.00535. The second-order valence-corrected chi connectivity index (χ2v) is 5.33. The van der Waals surface area contributed by atoms with E-state index in [1.165, 1.54) is 19.3 Å². The lowest BCUT2D eigenvalue weighted by atomic mass is 9.79. The molecule has 0 aromatic carbocycles. The highest BCUT2D eigenvalue weighted by Crippen LogP contribution is 2.34. The zero-order valence-corrected chi connectivity index (χ0v) is 10.9. The van der Waals surface area contributed by atoms with E-state index in [-0.39, 0.29) is 29.9 Å². The predicted molar refractivity (Wildman–Crippen MR) is 65.3 cm³/mol. The minimum Gasteiger partial charge on any atom is -0.343 e. The molecule has 1 saturated heterocycles. The highest BCUT2D eigenvalue weighted by Gasteiger charge is 2.42. The molecule has 0 aromatic rings. The third-order valence-corrected chi connectivity index (χ3v) is 4.28. The number of nitrogens with zero attached hydrogens (tertiary/aromatic N) is 1. The van der Waals surface area contributed by atoms with Crippen molar-refractivity contribution in [3.8, 4) is 0 Å². The molecular formula is C13H22N2O2. The molecule has 3 unspecified atom stereocenters. The van der Waals surface area contributed by atoms with E-state index in [9.17, 15) is 9.59 Å². The van der Waals surface area contributed by atoms with Crippen molar-refractivity contribution < 1.29 is 9.59 Å². The summed E-state index contributed by atoms with van der Waals surface area (Å²) in [5.41, 5.74) is 0. The molecule has 3 atom stereocenters. The van der Waals surface area contributed by atoms with Crippen molar-refractivity contribution in [3.05, 3.63) is 0 Å². The Morgan fingerprint density at radius 1 is 1.41 bits per heavy atom. The number of hydrogen-bond donors (Lipinski definition) is 1. The summed E-state index contributed by atoms with van der Waals surface area (Å²) in [6.45, 7) is 5.83. The highest BCUT2D eigenvalue weighted by atomic mass is 16.2. The molecule has 0 radical (unpaired) electrons. The van der Waals surface area contributed by atoms with Crippen LogP contribution in [0.1, 0.15) is 46.5 Å². The fraction of sp³-hybridized carbons (Fsp3) is 0.846. The van der Waals surface area contributed by atoms with Crippen LogP contribution in [0.15, 0.2) is 0 Å². The van der Waals surface area contributed by atoms with Gasteiger partial charge in [-0.25, -0.2) is 0 Å². The zero-order valence-electron chi connectivity index (χ0n) is 10.9. The summed E-state index contributed by atoms with van der Waals surface area (Å²) in [5.74, 6) is 0.674. The lowest BCUT2D eigenvalue weighted by Crippen LogP contribution is -2.65. The van der Waals surface area contributed by atoms with Gasteiger partial charge in [-0.15, -0.1) is 0 Å². The van der Waals surface area contributed by atoms with Gasteiger partial charge in [0.2, 0.25) is 11.8 Å². The number of carbonyl (C=O) groups excluding carboxylic acids is 2. The normalized spacial score (nSPS) is 32.1. The van der Waals surface area contributed by atoms with Gasteiger partial charge < -0.3 is 10.2 Å². The van der Waals surface area contributed by atoms with Gasteiger partial charge in [0.25, 0.3) is 0 Å². The van der Waals surface area contributed by atoms with Crippen molar-refractivity contribution in [2.45, 2.75) is 64.6 Å². The molecule has 1 aliphatic heterocycles. The molecule has 1 N–H and O–H groups in total. The van der Waals surface area contributed by atoms with Crippen LogP contribution in [0.25, 0.3) is 0 Å². The molecule has 1 aliphatic carbocycles. The molecule has 4 nitrogen and oxygen atoms in total.